The molecule has 1 N–H and O–H groups in total. The monoisotopic (exact) mass is 429 g/mol. The molecule has 0 heterocycles. The predicted molar refractivity (Wildman–Crippen MR) is 115 cm³/mol. The molecule has 148 valence electrons. The van der Waals surface area contributed by atoms with Crippen LogP contribution in [0.4, 0.5) is 5.69 Å². The molecule has 3 rings (SSSR count). The maximum absolute atomic E-state index is 10.7. The Kier molecular flexibility index (Phi) is 7.05. The predicted octanol–water partition coefficient (Wildman–Crippen LogP) is 5.60. The van der Waals surface area contributed by atoms with Crippen molar-refractivity contribution in [3.8, 4) is 5.75 Å². The van der Waals surface area contributed by atoms with Gasteiger partial charge in [0.1, 0.15) is 12.4 Å². The number of non-ortho nitro benzene ring substituents is 1. The zero-order valence-corrected chi connectivity index (χ0v) is 16.7. The molecule has 3 aromatic carbocycles. The molecule has 3 aromatic rings. The lowest BCUT2D eigenvalue weighted by atomic mass is 10.2. The van der Waals surface area contributed by atoms with Crippen LogP contribution in [0.1, 0.15) is 16.7 Å². The average Bonchev–Trinajstić information content (AvgIpc) is 2.72. The van der Waals surface area contributed by atoms with Gasteiger partial charge >= 0.3 is 0 Å². The maximum atomic E-state index is 10.7. The first-order valence-corrected chi connectivity index (χ1v) is 9.43. The molecule has 0 aliphatic rings. The molecule has 0 spiro atoms. The van der Waals surface area contributed by atoms with E-state index in [9.17, 15) is 10.1 Å². The van der Waals surface area contributed by atoms with E-state index in [4.69, 9.17) is 27.9 Å². The van der Waals surface area contributed by atoms with Crippen molar-refractivity contribution in [1.29, 1.82) is 0 Å². The van der Waals surface area contributed by atoms with E-state index in [1.54, 1.807) is 36.5 Å². The number of benzene rings is 3. The van der Waals surface area contributed by atoms with Crippen LogP contribution in [0.5, 0.6) is 5.75 Å². The summed E-state index contributed by atoms with van der Waals surface area (Å²) in [5.41, 5.74) is 5.46. The van der Waals surface area contributed by atoms with Gasteiger partial charge in [-0.15, -0.1) is 0 Å². The minimum atomic E-state index is -0.429. The van der Waals surface area contributed by atoms with Crippen molar-refractivity contribution in [3.63, 3.8) is 0 Å². The number of rotatable bonds is 8. The molecule has 0 atom stereocenters. The van der Waals surface area contributed by atoms with Crippen LogP contribution in [0.15, 0.2) is 71.8 Å². The summed E-state index contributed by atoms with van der Waals surface area (Å²) in [6, 6.07) is 19.0. The van der Waals surface area contributed by atoms with E-state index in [2.05, 4.69) is 10.5 Å². The van der Waals surface area contributed by atoms with Crippen molar-refractivity contribution >= 4 is 35.1 Å². The van der Waals surface area contributed by atoms with Crippen molar-refractivity contribution in [1.82, 2.24) is 5.43 Å². The lowest BCUT2D eigenvalue weighted by Gasteiger charge is -2.07. The van der Waals surface area contributed by atoms with Crippen LogP contribution >= 0.6 is 23.2 Å². The van der Waals surface area contributed by atoms with Gasteiger partial charge in [0, 0.05) is 27.7 Å². The topological polar surface area (TPSA) is 76.8 Å². The molecule has 0 unspecified atom stereocenters. The van der Waals surface area contributed by atoms with Crippen LogP contribution in [0, 0.1) is 10.1 Å². The summed E-state index contributed by atoms with van der Waals surface area (Å²) in [6.45, 7) is 0.715. The van der Waals surface area contributed by atoms with Gasteiger partial charge in [-0.3, -0.25) is 10.1 Å². The molecule has 0 amide bonds. The Labute approximate surface area is 177 Å². The third-order valence-corrected chi connectivity index (χ3v) is 4.74. The normalized spacial score (nSPS) is 10.8. The molecule has 6 nitrogen and oxygen atoms in total. The highest BCUT2D eigenvalue weighted by molar-refractivity contribution is 6.35. The summed E-state index contributed by atoms with van der Waals surface area (Å²) < 4.78 is 5.75. The first-order chi connectivity index (χ1) is 14.0. The van der Waals surface area contributed by atoms with Gasteiger partial charge in [0.2, 0.25) is 0 Å². The van der Waals surface area contributed by atoms with Crippen molar-refractivity contribution < 1.29 is 9.66 Å². The largest absolute Gasteiger partial charge is 0.489 e. The average molecular weight is 430 g/mol. The third-order valence-electron chi connectivity index (χ3n) is 4.03. The lowest BCUT2D eigenvalue weighted by Crippen LogP contribution is -2.06. The smallest absolute Gasteiger partial charge is 0.269 e. The molecule has 29 heavy (non-hydrogen) atoms. The molecule has 0 fully saturated rings. The Balaban J connectivity index is 1.55. The molecule has 0 aliphatic heterocycles. The number of nitro groups is 1. The number of hydrogen-bond donors (Lipinski definition) is 1. The van der Waals surface area contributed by atoms with Gasteiger partial charge < -0.3 is 10.2 Å². The summed E-state index contributed by atoms with van der Waals surface area (Å²) in [6.07, 6.45) is 1.67. The summed E-state index contributed by atoms with van der Waals surface area (Å²) in [5, 5.41) is 16.1. The van der Waals surface area contributed by atoms with Gasteiger partial charge in [-0.2, -0.15) is 5.10 Å². The van der Waals surface area contributed by atoms with Gasteiger partial charge in [-0.25, -0.2) is 0 Å². The van der Waals surface area contributed by atoms with E-state index in [0.29, 0.717) is 28.9 Å². The first-order valence-electron chi connectivity index (χ1n) is 8.68. The number of hydrazone groups is 1. The second-order valence-corrected chi connectivity index (χ2v) is 6.89. The van der Waals surface area contributed by atoms with Crippen LogP contribution in [-0.2, 0) is 13.2 Å². The van der Waals surface area contributed by atoms with E-state index in [1.165, 1.54) is 12.1 Å². The Morgan fingerprint density at radius 3 is 2.41 bits per heavy atom. The lowest BCUT2D eigenvalue weighted by molar-refractivity contribution is -0.384. The number of hydrogen-bond acceptors (Lipinski definition) is 5. The quantitative estimate of drug-likeness (QED) is 0.287. The fraction of sp³-hybridized carbons (Fsp3) is 0.0952. The van der Waals surface area contributed by atoms with E-state index in [1.807, 2.05) is 24.3 Å². The molecule has 0 aliphatic carbocycles. The van der Waals surface area contributed by atoms with E-state index < -0.39 is 4.92 Å². The Hall–Kier alpha value is -3.09. The van der Waals surface area contributed by atoms with Gasteiger partial charge in [0.15, 0.2) is 0 Å². The molecule has 8 heteroatoms. The number of halogens is 2. The number of nitrogens with zero attached hydrogens (tertiary/aromatic N) is 2. The van der Waals surface area contributed by atoms with E-state index in [-0.39, 0.29) is 5.69 Å². The zero-order chi connectivity index (χ0) is 20.6. The summed E-state index contributed by atoms with van der Waals surface area (Å²) in [4.78, 5) is 10.3. The Bertz CT molecular complexity index is 1000. The Morgan fingerprint density at radius 2 is 1.72 bits per heavy atom. The van der Waals surface area contributed by atoms with Crippen molar-refractivity contribution in [2.24, 2.45) is 5.10 Å². The van der Waals surface area contributed by atoms with E-state index >= 15 is 0 Å². The van der Waals surface area contributed by atoms with Crippen LogP contribution < -0.4 is 10.2 Å². The van der Waals surface area contributed by atoms with Crippen molar-refractivity contribution in [2.45, 2.75) is 13.2 Å². The second kappa shape index (κ2) is 9.91. The maximum Gasteiger partial charge on any atom is 0.269 e. The van der Waals surface area contributed by atoms with E-state index in [0.717, 1.165) is 16.7 Å². The number of nitro benzene ring substituents is 1. The molecular formula is C21H17Cl2N3O3. The summed E-state index contributed by atoms with van der Waals surface area (Å²) in [5.74, 6) is 0.668. The third kappa shape index (κ3) is 5.94. The van der Waals surface area contributed by atoms with Crippen molar-refractivity contribution in [2.75, 3.05) is 0 Å². The summed E-state index contributed by atoms with van der Waals surface area (Å²) >= 11 is 12.3. The molecule has 0 saturated carbocycles. The highest BCUT2D eigenvalue weighted by Crippen LogP contribution is 2.23. The first kappa shape index (κ1) is 20.6. The molecule has 0 bridgehead atoms. The SMILES string of the molecule is O=[N+]([O-])c1ccc(COc2cccc(/C=N\NCc3c(Cl)cccc3Cl)c2)cc1. The summed E-state index contributed by atoms with van der Waals surface area (Å²) in [7, 11) is 0. The van der Waals surface area contributed by atoms with Gasteiger partial charge in [0.05, 0.1) is 17.7 Å². The van der Waals surface area contributed by atoms with Crippen LogP contribution in [0.2, 0.25) is 10.0 Å². The minimum Gasteiger partial charge on any atom is -0.489 e. The van der Waals surface area contributed by atoms with Gasteiger partial charge in [-0.1, -0.05) is 41.4 Å². The Morgan fingerprint density at radius 1 is 1.03 bits per heavy atom. The fourth-order valence-corrected chi connectivity index (χ4v) is 3.04. The van der Waals surface area contributed by atoms with Gasteiger partial charge in [-0.05, 0) is 47.5 Å². The minimum absolute atomic E-state index is 0.0533. The fourth-order valence-electron chi connectivity index (χ4n) is 2.51. The molecule has 0 aromatic heterocycles. The van der Waals surface area contributed by atoms with Crippen LogP contribution in [0.25, 0.3) is 0 Å². The highest BCUT2D eigenvalue weighted by atomic mass is 35.5. The van der Waals surface area contributed by atoms with Crippen LogP contribution in [-0.4, -0.2) is 11.1 Å². The van der Waals surface area contributed by atoms with Crippen LogP contribution in [0.3, 0.4) is 0 Å². The highest BCUT2D eigenvalue weighted by Gasteiger charge is 2.05. The number of ether oxygens (including phenoxy) is 1. The molecule has 0 radical (unpaired) electrons. The molecular weight excluding hydrogens is 413 g/mol. The second-order valence-electron chi connectivity index (χ2n) is 6.08. The number of nitrogens with one attached hydrogen (secondary N) is 1. The standard InChI is InChI=1S/C21H17Cl2N3O3/c22-20-5-2-6-21(23)19(20)13-25-24-12-16-3-1-4-18(11-16)29-14-15-7-9-17(10-8-15)26(27)28/h1-12,25H,13-14H2/b24-12-. The zero-order valence-electron chi connectivity index (χ0n) is 15.2. The van der Waals surface area contributed by atoms with Gasteiger partial charge in [0.25, 0.3) is 5.69 Å². The molecule has 0 saturated heterocycles. The van der Waals surface area contributed by atoms with Crippen molar-refractivity contribution in [3.05, 3.63) is 104 Å².